The van der Waals surface area contributed by atoms with Crippen LogP contribution in [0.3, 0.4) is 0 Å². The van der Waals surface area contributed by atoms with E-state index in [-0.39, 0.29) is 0 Å². The first kappa shape index (κ1) is 13.6. The molecule has 0 spiro atoms. The van der Waals surface area contributed by atoms with Gasteiger partial charge in [0, 0.05) is 5.02 Å². The minimum atomic E-state index is 0.296. The summed E-state index contributed by atoms with van der Waals surface area (Å²) in [4.78, 5) is 4.10. The van der Waals surface area contributed by atoms with Crippen LogP contribution in [0, 0.1) is 0 Å². The Labute approximate surface area is 120 Å². The average molecular weight is 303 g/mol. The van der Waals surface area contributed by atoms with Gasteiger partial charge in [0.05, 0.1) is 23.9 Å². The van der Waals surface area contributed by atoms with Gasteiger partial charge in [-0.15, -0.1) is 0 Å². The summed E-state index contributed by atoms with van der Waals surface area (Å²) >= 11 is 17.8. The Morgan fingerprint density at radius 3 is 2.44 bits per heavy atom. The third-order valence-electron chi connectivity index (χ3n) is 2.34. The van der Waals surface area contributed by atoms with Gasteiger partial charge in [-0.1, -0.05) is 53.0 Å². The summed E-state index contributed by atoms with van der Waals surface area (Å²) < 4.78 is 5.53. The highest BCUT2D eigenvalue weighted by atomic mass is 35.5. The molecule has 0 aliphatic carbocycles. The molecule has 1 aromatic heterocycles. The van der Waals surface area contributed by atoms with E-state index in [2.05, 4.69) is 4.98 Å². The van der Waals surface area contributed by atoms with Crippen LogP contribution in [-0.4, -0.2) is 4.98 Å². The lowest BCUT2D eigenvalue weighted by molar-refractivity contribution is 0.105. The fourth-order valence-corrected chi connectivity index (χ4v) is 1.95. The number of nitrogens with zero attached hydrogens (tertiary/aromatic N) is 1. The van der Waals surface area contributed by atoms with Gasteiger partial charge >= 0.3 is 0 Å². The van der Waals surface area contributed by atoms with Crippen molar-refractivity contribution < 1.29 is 4.74 Å². The second-order valence-electron chi connectivity index (χ2n) is 3.65. The lowest BCUT2D eigenvalue weighted by atomic mass is 10.2. The minimum absolute atomic E-state index is 0.296. The molecule has 0 unspecified atom stereocenters. The third kappa shape index (κ3) is 3.59. The van der Waals surface area contributed by atoms with Crippen LogP contribution in [0.1, 0.15) is 11.3 Å². The first-order chi connectivity index (χ1) is 8.66. The van der Waals surface area contributed by atoms with Gasteiger partial charge in [0.25, 0.3) is 0 Å². The molecule has 1 heterocycles. The van der Waals surface area contributed by atoms with E-state index in [9.17, 15) is 0 Å². The Bertz CT molecular complexity index is 546. The fourth-order valence-electron chi connectivity index (χ4n) is 1.43. The second kappa shape index (κ2) is 6.39. The molecule has 2 rings (SSSR count). The van der Waals surface area contributed by atoms with Crippen molar-refractivity contribution in [1.82, 2.24) is 4.98 Å². The van der Waals surface area contributed by atoms with Gasteiger partial charge in [0.15, 0.2) is 0 Å². The number of pyridine rings is 1. The van der Waals surface area contributed by atoms with Gasteiger partial charge in [-0.05, 0) is 23.8 Å². The lowest BCUT2D eigenvalue weighted by Gasteiger charge is -2.07. The Hall–Kier alpha value is -0.800. The molecular formula is C13H10Cl3NO. The highest BCUT2D eigenvalue weighted by molar-refractivity contribution is 6.32. The lowest BCUT2D eigenvalue weighted by Crippen LogP contribution is -1.98. The van der Waals surface area contributed by atoms with Gasteiger partial charge in [0.2, 0.25) is 0 Å². The van der Waals surface area contributed by atoms with E-state index in [1.807, 2.05) is 24.3 Å². The minimum Gasteiger partial charge on any atom is -0.370 e. The van der Waals surface area contributed by atoms with Gasteiger partial charge in [-0.3, -0.25) is 0 Å². The van der Waals surface area contributed by atoms with Crippen molar-refractivity contribution in [2.24, 2.45) is 0 Å². The average Bonchev–Trinajstić information content (AvgIpc) is 2.36. The molecule has 0 aliphatic heterocycles. The van der Waals surface area contributed by atoms with Crippen LogP contribution in [0.4, 0.5) is 0 Å². The molecule has 0 atom stereocenters. The molecule has 1 aromatic carbocycles. The van der Waals surface area contributed by atoms with Crippen molar-refractivity contribution >= 4 is 34.8 Å². The monoisotopic (exact) mass is 301 g/mol. The Kier molecular flexibility index (Phi) is 4.84. The summed E-state index contributed by atoms with van der Waals surface area (Å²) in [6, 6.07) is 10.9. The first-order valence-electron chi connectivity index (χ1n) is 5.29. The van der Waals surface area contributed by atoms with Crippen molar-refractivity contribution in [1.29, 1.82) is 0 Å². The number of halogens is 3. The molecule has 94 valence electrons. The molecule has 18 heavy (non-hydrogen) atoms. The first-order valence-corrected chi connectivity index (χ1v) is 6.42. The number of ether oxygens (including phenoxy) is 1. The van der Waals surface area contributed by atoms with E-state index >= 15 is 0 Å². The molecular weight excluding hydrogens is 293 g/mol. The summed E-state index contributed by atoms with van der Waals surface area (Å²) in [6.45, 7) is 0.703. The van der Waals surface area contributed by atoms with E-state index in [4.69, 9.17) is 39.5 Å². The maximum absolute atomic E-state index is 6.02. The van der Waals surface area contributed by atoms with Gasteiger partial charge in [0.1, 0.15) is 5.15 Å². The van der Waals surface area contributed by atoms with Crippen LogP contribution < -0.4 is 0 Å². The molecule has 0 bridgehead atoms. The molecule has 5 heteroatoms. The Balaban J connectivity index is 1.96. The van der Waals surface area contributed by atoms with Crippen molar-refractivity contribution in [3.05, 3.63) is 62.9 Å². The molecule has 0 radical (unpaired) electrons. The predicted octanol–water partition coefficient (Wildman–Crippen LogP) is 4.76. The maximum atomic E-state index is 6.02. The summed E-state index contributed by atoms with van der Waals surface area (Å²) in [7, 11) is 0. The zero-order chi connectivity index (χ0) is 13.0. The Morgan fingerprint density at radius 2 is 1.67 bits per heavy atom. The Morgan fingerprint density at radius 1 is 0.889 bits per heavy atom. The predicted molar refractivity (Wildman–Crippen MR) is 74.2 cm³/mol. The van der Waals surface area contributed by atoms with E-state index in [0.29, 0.717) is 34.1 Å². The number of benzene rings is 1. The zero-order valence-corrected chi connectivity index (χ0v) is 11.6. The molecule has 0 saturated carbocycles. The smallest absolute Gasteiger partial charge is 0.129 e. The largest absolute Gasteiger partial charge is 0.370 e. The zero-order valence-electron chi connectivity index (χ0n) is 9.37. The topological polar surface area (TPSA) is 22.1 Å². The van der Waals surface area contributed by atoms with Crippen LogP contribution in [-0.2, 0) is 18.0 Å². The number of rotatable bonds is 4. The SMILES string of the molecule is Clc1ccc(Cl)c(COCc2ccccc2Cl)n1. The van der Waals surface area contributed by atoms with E-state index in [1.54, 1.807) is 12.1 Å². The van der Waals surface area contributed by atoms with Crippen molar-refractivity contribution in [2.45, 2.75) is 13.2 Å². The quantitative estimate of drug-likeness (QED) is 0.760. The second-order valence-corrected chi connectivity index (χ2v) is 4.85. The molecule has 0 fully saturated rings. The van der Waals surface area contributed by atoms with Gasteiger partial charge in [-0.2, -0.15) is 0 Å². The highest BCUT2D eigenvalue weighted by Gasteiger charge is 2.04. The normalized spacial score (nSPS) is 10.6. The van der Waals surface area contributed by atoms with Crippen LogP contribution in [0.5, 0.6) is 0 Å². The third-order valence-corrected chi connectivity index (χ3v) is 3.26. The van der Waals surface area contributed by atoms with Crippen LogP contribution in [0.25, 0.3) is 0 Å². The summed E-state index contributed by atoms with van der Waals surface area (Å²) in [6.07, 6.45) is 0. The molecule has 0 saturated heterocycles. The number of aromatic nitrogens is 1. The summed E-state index contributed by atoms with van der Waals surface area (Å²) in [5, 5.41) is 1.62. The fraction of sp³-hybridized carbons (Fsp3) is 0.154. The standard InChI is InChI=1S/C13H10Cl3NO/c14-10-4-2-1-3-9(10)7-18-8-12-11(15)5-6-13(16)17-12/h1-6H,7-8H2. The highest BCUT2D eigenvalue weighted by Crippen LogP contribution is 2.19. The molecule has 2 nitrogen and oxygen atoms in total. The summed E-state index contributed by atoms with van der Waals surface area (Å²) in [5.41, 5.74) is 1.55. The van der Waals surface area contributed by atoms with Crippen LogP contribution >= 0.6 is 34.8 Å². The van der Waals surface area contributed by atoms with E-state index < -0.39 is 0 Å². The number of hydrogen-bond donors (Lipinski definition) is 0. The van der Waals surface area contributed by atoms with Crippen molar-refractivity contribution in [2.75, 3.05) is 0 Å². The molecule has 2 aromatic rings. The van der Waals surface area contributed by atoms with Gasteiger partial charge in [-0.25, -0.2) is 4.98 Å². The van der Waals surface area contributed by atoms with Crippen molar-refractivity contribution in [3.63, 3.8) is 0 Å². The molecule has 0 aliphatic rings. The maximum Gasteiger partial charge on any atom is 0.129 e. The number of hydrogen-bond acceptors (Lipinski definition) is 2. The van der Waals surface area contributed by atoms with Crippen molar-refractivity contribution in [3.8, 4) is 0 Å². The molecule has 0 amide bonds. The summed E-state index contributed by atoms with van der Waals surface area (Å²) in [5.74, 6) is 0. The van der Waals surface area contributed by atoms with Crippen LogP contribution in [0.15, 0.2) is 36.4 Å². The molecule has 0 N–H and O–H groups in total. The van der Waals surface area contributed by atoms with E-state index in [1.165, 1.54) is 0 Å². The van der Waals surface area contributed by atoms with E-state index in [0.717, 1.165) is 5.56 Å². The van der Waals surface area contributed by atoms with Gasteiger partial charge < -0.3 is 4.74 Å². The van der Waals surface area contributed by atoms with Crippen LogP contribution in [0.2, 0.25) is 15.2 Å².